The maximum Gasteiger partial charge on any atom is 0.0394 e. The molecular formula is C16H13N3. The van der Waals surface area contributed by atoms with Gasteiger partial charge in [-0.15, -0.1) is 0 Å². The van der Waals surface area contributed by atoms with Crippen molar-refractivity contribution >= 4 is 5.69 Å². The average molecular weight is 247 g/mol. The van der Waals surface area contributed by atoms with Gasteiger partial charge in [0.15, 0.2) is 0 Å². The van der Waals surface area contributed by atoms with Crippen molar-refractivity contribution in [3.05, 3.63) is 67.3 Å². The van der Waals surface area contributed by atoms with Crippen molar-refractivity contribution in [2.45, 2.75) is 0 Å². The standard InChI is InChI=1S/C16H13N3/c17-16-6-5-12(13-3-1-7-18-10-13)9-15(16)14-4-2-8-19-11-14/h1-11H,17H2. The summed E-state index contributed by atoms with van der Waals surface area (Å²) in [5.74, 6) is 0. The smallest absolute Gasteiger partial charge is 0.0394 e. The summed E-state index contributed by atoms with van der Waals surface area (Å²) in [5, 5.41) is 0. The molecule has 0 fully saturated rings. The van der Waals surface area contributed by atoms with Crippen molar-refractivity contribution in [1.82, 2.24) is 9.97 Å². The van der Waals surface area contributed by atoms with E-state index in [1.165, 1.54) is 0 Å². The van der Waals surface area contributed by atoms with Gasteiger partial charge in [0.25, 0.3) is 0 Å². The molecule has 0 saturated carbocycles. The first-order valence-corrected chi connectivity index (χ1v) is 6.05. The summed E-state index contributed by atoms with van der Waals surface area (Å²) in [6.07, 6.45) is 7.19. The van der Waals surface area contributed by atoms with Crippen LogP contribution in [0.5, 0.6) is 0 Å². The number of nitrogen functional groups attached to an aromatic ring is 1. The Bertz CT molecular complexity index is 679. The monoisotopic (exact) mass is 247 g/mol. The van der Waals surface area contributed by atoms with E-state index in [4.69, 9.17) is 5.73 Å². The first kappa shape index (κ1) is 11.4. The molecule has 3 rings (SSSR count). The molecule has 0 bridgehead atoms. The van der Waals surface area contributed by atoms with Gasteiger partial charge in [0.05, 0.1) is 0 Å². The Morgan fingerprint density at radius 2 is 1.42 bits per heavy atom. The average Bonchev–Trinajstić information content (AvgIpc) is 2.49. The maximum atomic E-state index is 6.06. The van der Waals surface area contributed by atoms with Gasteiger partial charge in [-0.1, -0.05) is 18.2 Å². The molecule has 0 radical (unpaired) electrons. The summed E-state index contributed by atoms with van der Waals surface area (Å²) in [4.78, 5) is 8.28. The van der Waals surface area contributed by atoms with Crippen LogP contribution < -0.4 is 5.73 Å². The fraction of sp³-hybridized carbons (Fsp3) is 0. The molecule has 3 nitrogen and oxygen atoms in total. The normalized spacial score (nSPS) is 10.3. The molecule has 0 saturated heterocycles. The van der Waals surface area contributed by atoms with Gasteiger partial charge in [0.2, 0.25) is 0 Å². The van der Waals surface area contributed by atoms with Gasteiger partial charge in [-0.2, -0.15) is 0 Å². The number of nitrogens with two attached hydrogens (primary N) is 1. The second-order valence-electron chi connectivity index (χ2n) is 4.29. The highest BCUT2D eigenvalue weighted by atomic mass is 14.6. The van der Waals surface area contributed by atoms with Crippen molar-refractivity contribution in [3.63, 3.8) is 0 Å². The van der Waals surface area contributed by atoms with Crippen molar-refractivity contribution in [2.75, 3.05) is 5.73 Å². The van der Waals surface area contributed by atoms with E-state index in [2.05, 4.69) is 16.0 Å². The molecule has 0 aliphatic carbocycles. The van der Waals surface area contributed by atoms with E-state index in [0.29, 0.717) is 0 Å². The van der Waals surface area contributed by atoms with E-state index in [-0.39, 0.29) is 0 Å². The van der Waals surface area contributed by atoms with Crippen molar-refractivity contribution in [1.29, 1.82) is 0 Å². The minimum atomic E-state index is 0.751. The second kappa shape index (κ2) is 4.90. The summed E-state index contributed by atoms with van der Waals surface area (Å²) in [7, 11) is 0. The fourth-order valence-corrected chi connectivity index (χ4v) is 2.04. The van der Waals surface area contributed by atoms with Gasteiger partial charge >= 0.3 is 0 Å². The lowest BCUT2D eigenvalue weighted by Crippen LogP contribution is -1.91. The second-order valence-corrected chi connectivity index (χ2v) is 4.29. The third-order valence-electron chi connectivity index (χ3n) is 3.02. The minimum Gasteiger partial charge on any atom is -0.398 e. The molecule has 2 aromatic heterocycles. The molecule has 0 unspecified atom stereocenters. The summed E-state index contributed by atoms with van der Waals surface area (Å²) < 4.78 is 0. The highest BCUT2D eigenvalue weighted by Crippen LogP contribution is 2.30. The van der Waals surface area contributed by atoms with Crippen LogP contribution in [0.1, 0.15) is 0 Å². The maximum absolute atomic E-state index is 6.06. The van der Waals surface area contributed by atoms with E-state index in [1.807, 2.05) is 48.8 Å². The fourth-order valence-electron chi connectivity index (χ4n) is 2.04. The number of rotatable bonds is 2. The van der Waals surface area contributed by atoms with Crippen LogP contribution in [0.3, 0.4) is 0 Å². The molecule has 3 aromatic rings. The number of anilines is 1. The van der Waals surface area contributed by atoms with E-state index in [0.717, 1.165) is 27.9 Å². The van der Waals surface area contributed by atoms with Crippen LogP contribution in [-0.2, 0) is 0 Å². The lowest BCUT2D eigenvalue weighted by atomic mass is 9.99. The highest BCUT2D eigenvalue weighted by Gasteiger charge is 2.05. The lowest BCUT2D eigenvalue weighted by Gasteiger charge is -2.08. The molecule has 3 heteroatoms. The van der Waals surface area contributed by atoms with Gasteiger partial charge < -0.3 is 5.73 Å². The number of pyridine rings is 2. The molecular weight excluding hydrogens is 234 g/mol. The van der Waals surface area contributed by atoms with Gasteiger partial charge in [-0.25, -0.2) is 0 Å². The molecule has 0 atom stereocenters. The van der Waals surface area contributed by atoms with Crippen LogP contribution in [0.25, 0.3) is 22.3 Å². The third-order valence-corrected chi connectivity index (χ3v) is 3.02. The Morgan fingerprint density at radius 1 is 0.737 bits per heavy atom. The summed E-state index contributed by atoms with van der Waals surface area (Å²) >= 11 is 0. The molecule has 0 aliphatic heterocycles. The molecule has 19 heavy (non-hydrogen) atoms. The quantitative estimate of drug-likeness (QED) is 0.706. The first-order valence-electron chi connectivity index (χ1n) is 6.05. The first-order chi connectivity index (χ1) is 9.34. The van der Waals surface area contributed by atoms with Crippen LogP contribution in [0.4, 0.5) is 5.69 Å². The van der Waals surface area contributed by atoms with Crippen molar-refractivity contribution < 1.29 is 0 Å². The van der Waals surface area contributed by atoms with Gasteiger partial charge in [-0.05, 0) is 29.8 Å². The van der Waals surface area contributed by atoms with Crippen LogP contribution in [-0.4, -0.2) is 9.97 Å². The minimum absolute atomic E-state index is 0.751. The zero-order valence-electron chi connectivity index (χ0n) is 10.3. The van der Waals surface area contributed by atoms with Gasteiger partial charge in [-0.3, -0.25) is 9.97 Å². The Kier molecular flexibility index (Phi) is 2.94. The van der Waals surface area contributed by atoms with Crippen LogP contribution in [0, 0.1) is 0 Å². The van der Waals surface area contributed by atoms with E-state index in [1.54, 1.807) is 12.4 Å². The number of benzene rings is 1. The predicted molar refractivity (Wildman–Crippen MR) is 77.3 cm³/mol. The van der Waals surface area contributed by atoms with Crippen molar-refractivity contribution in [3.8, 4) is 22.3 Å². The number of hydrogen-bond donors (Lipinski definition) is 1. The number of aromatic nitrogens is 2. The van der Waals surface area contributed by atoms with E-state index >= 15 is 0 Å². The summed E-state index contributed by atoms with van der Waals surface area (Å²) in [6.45, 7) is 0. The molecule has 2 N–H and O–H groups in total. The largest absolute Gasteiger partial charge is 0.398 e. The molecule has 0 spiro atoms. The Hall–Kier alpha value is -2.68. The van der Waals surface area contributed by atoms with E-state index < -0.39 is 0 Å². The lowest BCUT2D eigenvalue weighted by molar-refractivity contribution is 1.32. The Labute approximate surface area is 111 Å². The molecule has 0 amide bonds. The number of hydrogen-bond acceptors (Lipinski definition) is 3. The SMILES string of the molecule is Nc1ccc(-c2cccnc2)cc1-c1cccnc1. The van der Waals surface area contributed by atoms with Crippen LogP contribution in [0.2, 0.25) is 0 Å². The molecule has 1 aromatic carbocycles. The predicted octanol–water partition coefficient (Wildman–Crippen LogP) is 3.39. The Morgan fingerprint density at radius 3 is 2.05 bits per heavy atom. The summed E-state index contributed by atoms with van der Waals surface area (Å²) in [6, 6.07) is 13.9. The van der Waals surface area contributed by atoms with Crippen LogP contribution in [0.15, 0.2) is 67.3 Å². The zero-order chi connectivity index (χ0) is 13.1. The van der Waals surface area contributed by atoms with Gasteiger partial charge in [0.1, 0.15) is 0 Å². The summed E-state index contributed by atoms with van der Waals surface area (Å²) in [5.41, 5.74) is 11.0. The molecule has 0 aliphatic rings. The van der Waals surface area contributed by atoms with Crippen LogP contribution >= 0.6 is 0 Å². The van der Waals surface area contributed by atoms with E-state index in [9.17, 15) is 0 Å². The zero-order valence-corrected chi connectivity index (χ0v) is 10.3. The number of nitrogens with zero attached hydrogens (tertiary/aromatic N) is 2. The molecule has 92 valence electrons. The van der Waals surface area contributed by atoms with Crippen molar-refractivity contribution in [2.24, 2.45) is 0 Å². The topological polar surface area (TPSA) is 51.8 Å². The Balaban J connectivity index is 2.12. The van der Waals surface area contributed by atoms with Gasteiger partial charge in [0, 0.05) is 47.2 Å². The third kappa shape index (κ3) is 2.31. The highest BCUT2D eigenvalue weighted by molar-refractivity contribution is 5.81. The molecule has 2 heterocycles.